The number of carbonyl (C=O) groups excluding carboxylic acids is 3. The maximum absolute atomic E-state index is 14.9. The Morgan fingerprint density at radius 1 is 0.587 bits per heavy atom. The second-order valence-corrected chi connectivity index (χ2v) is 11.6. The Labute approximate surface area is 269 Å². The van der Waals surface area contributed by atoms with Crippen LogP contribution in [0, 0.1) is 0 Å². The SMILES string of the molecule is CNC(=O)c1cccc(CN2C(=O)N(Cc3cccc(C(=O)NC)c3)[C@H](Cc3ccccc3)[C@H](O)[C@@H](O)[C@H]2Cc2ccccc2)c1. The standard InChI is InChI=1S/C37H40N4O5/c1-38-35(44)29-17-9-15-27(19-29)23-40-31(21-25-11-5-3-6-12-25)33(42)34(43)32(22-26-13-7-4-8-14-26)41(37(40)46)24-28-16-10-18-30(20-28)36(45)39-2/h3-20,31-34,42-43H,21-24H2,1-2H3,(H,38,44)(H,39,45)/t31-,32-,33+,34+/m1/s1. The van der Waals surface area contributed by atoms with Gasteiger partial charge in [-0.25, -0.2) is 4.79 Å². The molecule has 0 spiro atoms. The van der Waals surface area contributed by atoms with Crippen LogP contribution in [0.25, 0.3) is 0 Å². The molecule has 5 rings (SSSR count). The summed E-state index contributed by atoms with van der Waals surface area (Å²) in [5.74, 6) is -0.498. The summed E-state index contributed by atoms with van der Waals surface area (Å²) in [6.45, 7) is 0.190. The first-order chi connectivity index (χ1) is 22.3. The Kier molecular flexibility index (Phi) is 10.5. The highest BCUT2D eigenvalue weighted by molar-refractivity contribution is 5.94. The fourth-order valence-electron chi connectivity index (χ4n) is 6.12. The van der Waals surface area contributed by atoms with E-state index in [-0.39, 0.29) is 30.9 Å². The molecular weight excluding hydrogens is 580 g/mol. The number of aliphatic hydroxyl groups is 2. The molecule has 0 aliphatic carbocycles. The summed E-state index contributed by atoms with van der Waals surface area (Å²) < 4.78 is 0. The Morgan fingerprint density at radius 2 is 0.957 bits per heavy atom. The second-order valence-electron chi connectivity index (χ2n) is 11.6. The van der Waals surface area contributed by atoms with E-state index >= 15 is 0 Å². The first-order valence-corrected chi connectivity index (χ1v) is 15.4. The third-order valence-electron chi connectivity index (χ3n) is 8.54. The van der Waals surface area contributed by atoms with Gasteiger partial charge in [0.15, 0.2) is 0 Å². The molecule has 0 radical (unpaired) electrons. The van der Waals surface area contributed by atoms with Gasteiger partial charge in [-0.3, -0.25) is 9.59 Å². The molecule has 4 N–H and O–H groups in total. The summed E-state index contributed by atoms with van der Waals surface area (Å²) in [6.07, 6.45) is -1.97. The molecule has 238 valence electrons. The Hall–Kier alpha value is -4.99. The van der Waals surface area contributed by atoms with E-state index in [1.807, 2.05) is 72.8 Å². The van der Waals surface area contributed by atoms with Crippen molar-refractivity contribution in [3.05, 3.63) is 143 Å². The fraction of sp³-hybridized carbons (Fsp3) is 0.270. The van der Waals surface area contributed by atoms with Gasteiger partial charge < -0.3 is 30.6 Å². The number of amides is 4. The van der Waals surface area contributed by atoms with E-state index in [1.54, 1.807) is 60.3 Å². The molecule has 46 heavy (non-hydrogen) atoms. The average molecular weight is 621 g/mol. The molecule has 4 aromatic rings. The van der Waals surface area contributed by atoms with Crippen LogP contribution < -0.4 is 10.6 Å². The third kappa shape index (κ3) is 7.44. The predicted molar refractivity (Wildman–Crippen MR) is 176 cm³/mol. The number of benzene rings is 4. The summed E-state index contributed by atoms with van der Waals surface area (Å²) in [5, 5.41) is 29.1. The lowest BCUT2D eigenvalue weighted by Gasteiger charge is -2.36. The van der Waals surface area contributed by atoms with Gasteiger partial charge in [0.1, 0.15) is 12.2 Å². The van der Waals surface area contributed by atoms with Gasteiger partial charge in [-0.05, 0) is 59.4 Å². The molecule has 4 atom stereocenters. The molecule has 4 amide bonds. The summed E-state index contributed by atoms with van der Waals surface area (Å²) in [6, 6.07) is 31.3. The van der Waals surface area contributed by atoms with Crippen LogP contribution in [0.1, 0.15) is 43.0 Å². The fourth-order valence-corrected chi connectivity index (χ4v) is 6.12. The van der Waals surface area contributed by atoms with E-state index < -0.39 is 24.3 Å². The summed E-state index contributed by atoms with van der Waals surface area (Å²) in [7, 11) is 3.12. The zero-order valence-corrected chi connectivity index (χ0v) is 26.0. The maximum atomic E-state index is 14.9. The monoisotopic (exact) mass is 620 g/mol. The van der Waals surface area contributed by atoms with Crippen LogP contribution in [-0.2, 0) is 25.9 Å². The molecular formula is C37H40N4O5. The van der Waals surface area contributed by atoms with Crippen LogP contribution in [0.3, 0.4) is 0 Å². The number of nitrogens with one attached hydrogen (secondary N) is 2. The summed E-state index contributed by atoms with van der Waals surface area (Å²) >= 11 is 0. The Balaban J connectivity index is 1.60. The summed E-state index contributed by atoms with van der Waals surface area (Å²) in [4.78, 5) is 43.0. The van der Waals surface area contributed by atoms with Crippen molar-refractivity contribution in [3.63, 3.8) is 0 Å². The topological polar surface area (TPSA) is 122 Å². The van der Waals surface area contributed by atoms with Crippen LogP contribution in [0.5, 0.6) is 0 Å². The smallest absolute Gasteiger partial charge is 0.321 e. The molecule has 0 saturated carbocycles. The van der Waals surface area contributed by atoms with E-state index in [0.29, 0.717) is 35.1 Å². The quantitative estimate of drug-likeness (QED) is 0.215. The van der Waals surface area contributed by atoms with E-state index in [9.17, 15) is 24.6 Å². The van der Waals surface area contributed by atoms with Gasteiger partial charge in [0, 0.05) is 38.3 Å². The number of nitrogens with zero attached hydrogens (tertiary/aromatic N) is 2. The molecule has 1 heterocycles. The van der Waals surface area contributed by atoms with Gasteiger partial charge in [0.25, 0.3) is 11.8 Å². The van der Waals surface area contributed by atoms with Gasteiger partial charge >= 0.3 is 6.03 Å². The third-order valence-corrected chi connectivity index (χ3v) is 8.54. The van der Waals surface area contributed by atoms with Crippen molar-refractivity contribution in [3.8, 4) is 0 Å². The van der Waals surface area contributed by atoms with Gasteiger partial charge in [0.05, 0.1) is 12.1 Å². The van der Waals surface area contributed by atoms with Gasteiger partial charge in [0.2, 0.25) is 0 Å². The Morgan fingerprint density at radius 3 is 1.33 bits per heavy atom. The van der Waals surface area contributed by atoms with Crippen LogP contribution >= 0.6 is 0 Å². The van der Waals surface area contributed by atoms with Crippen LogP contribution in [-0.4, -0.2) is 76.2 Å². The number of carbonyl (C=O) groups is 3. The van der Waals surface area contributed by atoms with Crippen LogP contribution in [0.2, 0.25) is 0 Å². The molecule has 0 unspecified atom stereocenters. The van der Waals surface area contributed by atoms with Crippen molar-refractivity contribution in [2.24, 2.45) is 0 Å². The van der Waals surface area contributed by atoms with E-state index in [2.05, 4.69) is 10.6 Å². The lowest BCUT2D eigenvalue weighted by Crippen LogP contribution is -2.50. The van der Waals surface area contributed by atoms with Gasteiger partial charge in [-0.1, -0.05) is 84.9 Å². The average Bonchev–Trinajstić information content (AvgIpc) is 3.15. The van der Waals surface area contributed by atoms with Crippen molar-refractivity contribution in [2.45, 2.75) is 50.2 Å². The number of hydrogen-bond acceptors (Lipinski definition) is 5. The van der Waals surface area contributed by atoms with Crippen molar-refractivity contribution in [1.82, 2.24) is 20.4 Å². The largest absolute Gasteiger partial charge is 0.388 e. The molecule has 1 saturated heterocycles. The normalized spacial score (nSPS) is 19.8. The van der Waals surface area contributed by atoms with Crippen molar-refractivity contribution in [2.75, 3.05) is 14.1 Å². The van der Waals surface area contributed by atoms with Gasteiger partial charge in [-0.15, -0.1) is 0 Å². The molecule has 0 bridgehead atoms. The molecule has 1 aliphatic heterocycles. The molecule has 0 aromatic heterocycles. The number of aliphatic hydroxyl groups excluding tert-OH is 2. The van der Waals surface area contributed by atoms with Gasteiger partial charge in [-0.2, -0.15) is 0 Å². The lowest BCUT2D eigenvalue weighted by atomic mass is 9.90. The molecule has 9 nitrogen and oxygen atoms in total. The van der Waals surface area contributed by atoms with Crippen molar-refractivity contribution >= 4 is 17.8 Å². The first kappa shape index (κ1) is 32.4. The highest BCUT2D eigenvalue weighted by Gasteiger charge is 2.46. The minimum absolute atomic E-state index is 0.0950. The predicted octanol–water partition coefficient (Wildman–Crippen LogP) is 3.79. The van der Waals surface area contributed by atoms with Crippen LogP contribution in [0.4, 0.5) is 4.79 Å². The zero-order valence-electron chi connectivity index (χ0n) is 26.0. The highest BCUT2D eigenvalue weighted by Crippen LogP contribution is 2.30. The molecule has 1 fully saturated rings. The van der Waals surface area contributed by atoms with Crippen LogP contribution in [0.15, 0.2) is 109 Å². The zero-order chi connectivity index (χ0) is 32.6. The van der Waals surface area contributed by atoms with E-state index in [1.165, 1.54) is 0 Å². The maximum Gasteiger partial charge on any atom is 0.321 e. The lowest BCUT2D eigenvalue weighted by molar-refractivity contribution is -0.0408. The number of urea groups is 1. The highest BCUT2D eigenvalue weighted by atomic mass is 16.3. The molecule has 9 heteroatoms. The van der Waals surface area contributed by atoms with Crippen molar-refractivity contribution < 1.29 is 24.6 Å². The van der Waals surface area contributed by atoms with E-state index in [0.717, 1.165) is 11.1 Å². The minimum atomic E-state index is -1.29. The number of rotatable bonds is 10. The van der Waals surface area contributed by atoms with E-state index in [4.69, 9.17) is 0 Å². The molecule has 4 aromatic carbocycles. The molecule has 1 aliphatic rings. The second kappa shape index (κ2) is 14.9. The Bertz CT molecular complexity index is 1530. The minimum Gasteiger partial charge on any atom is -0.388 e. The summed E-state index contributed by atoms with van der Waals surface area (Å²) in [5.41, 5.74) is 4.12. The number of hydrogen-bond donors (Lipinski definition) is 4. The van der Waals surface area contributed by atoms with Crippen molar-refractivity contribution in [1.29, 1.82) is 0 Å². The first-order valence-electron chi connectivity index (χ1n) is 15.4.